The quantitative estimate of drug-likeness (QED) is 0.856. The summed E-state index contributed by atoms with van der Waals surface area (Å²) in [5.74, 6) is 0.440. The highest BCUT2D eigenvalue weighted by atomic mass is 35.5. The molecule has 4 nitrogen and oxygen atoms in total. The smallest absolute Gasteiger partial charge is 0.269 e. The zero-order chi connectivity index (χ0) is 13.9. The summed E-state index contributed by atoms with van der Waals surface area (Å²) in [4.78, 5) is 12.2. The van der Waals surface area contributed by atoms with E-state index < -0.39 is 0 Å². The highest BCUT2D eigenvalue weighted by Crippen LogP contribution is 2.22. The van der Waals surface area contributed by atoms with Gasteiger partial charge in [0.05, 0.1) is 5.69 Å². The molecule has 0 fully saturated rings. The van der Waals surface area contributed by atoms with Crippen molar-refractivity contribution < 1.29 is 4.79 Å². The maximum Gasteiger partial charge on any atom is 0.269 e. The van der Waals surface area contributed by atoms with Crippen LogP contribution in [0.1, 0.15) is 43.4 Å². The third kappa shape index (κ3) is 3.73. The highest BCUT2D eigenvalue weighted by molar-refractivity contribution is 6.17. The Hall–Kier alpha value is -1.03. The van der Waals surface area contributed by atoms with E-state index in [1.165, 1.54) is 0 Å². The molecule has 0 saturated carbocycles. The van der Waals surface area contributed by atoms with Crippen molar-refractivity contribution in [2.24, 2.45) is 12.5 Å². The lowest BCUT2D eigenvalue weighted by molar-refractivity contribution is 0.0891. The number of hydrogen-bond acceptors (Lipinski definition) is 2. The number of nitrogens with one attached hydrogen (secondary N) is 1. The minimum Gasteiger partial charge on any atom is -0.347 e. The fraction of sp³-hybridized carbons (Fsp3) is 0.692. The van der Waals surface area contributed by atoms with E-state index in [9.17, 15) is 4.79 Å². The molecule has 1 heterocycles. The van der Waals surface area contributed by atoms with Crippen LogP contribution < -0.4 is 5.32 Å². The van der Waals surface area contributed by atoms with E-state index in [0.717, 1.165) is 12.1 Å². The van der Waals surface area contributed by atoms with Crippen molar-refractivity contribution in [3.05, 3.63) is 17.5 Å². The minimum atomic E-state index is -0.0943. The van der Waals surface area contributed by atoms with E-state index in [-0.39, 0.29) is 17.4 Å². The molecule has 0 radical (unpaired) electrons. The summed E-state index contributed by atoms with van der Waals surface area (Å²) in [6, 6.07) is 1.84. The predicted molar refractivity (Wildman–Crippen MR) is 74.0 cm³/mol. The molecule has 0 aliphatic rings. The molecule has 0 bridgehead atoms. The molecular formula is C13H22ClN3O. The number of amides is 1. The molecule has 1 aromatic heterocycles. The van der Waals surface area contributed by atoms with Crippen LogP contribution in [0.2, 0.25) is 0 Å². The number of hydrogen-bond donors (Lipinski definition) is 1. The largest absolute Gasteiger partial charge is 0.347 e. The molecule has 0 aromatic carbocycles. The molecule has 5 heteroatoms. The average molecular weight is 272 g/mol. The van der Waals surface area contributed by atoms with Crippen LogP contribution in [0, 0.1) is 12.3 Å². The van der Waals surface area contributed by atoms with E-state index in [4.69, 9.17) is 11.6 Å². The lowest BCUT2D eigenvalue weighted by Crippen LogP contribution is -2.44. The monoisotopic (exact) mass is 271 g/mol. The maximum absolute atomic E-state index is 12.2. The average Bonchev–Trinajstić information content (AvgIpc) is 2.55. The van der Waals surface area contributed by atoms with Gasteiger partial charge in [-0.2, -0.15) is 5.10 Å². The van der Waals surface area contributed by atoms with Gasteiger partial charge < -0.3 is 5.32 Å². The van der Waals surface area contributed by atoms with Gasteiger partial charge in [-0.05, 0) is 24.8 Å². The van der Waals surface area contributed by atoms with E-state index >= 15 is 0 Å². The Morgan fingerprint density at radius 3 is 2.56 bits per heavy atom. The SMILES string of the molecule is Cc1cc(C(=O)NC(CCCl)C(C)(C)C)n(C)n1. The first kappa shape index (κ1) is 15.0. The van der Waals surface area contributed by atoms with Gasteiger partial charge in [0.2, 0.25) is 0 Å². The van der Waals surface area contributed by atoms with Crippen LogP contribution >= 0.6 is 11.6 Å². The van der Waals surface area contributed by atoms with Crippen molar-refractivity contribution in [3.63, 3.8) is 0 Å². The summed E-state index contributed by atoms with van der Waals surface area (Å²) in [6.07, 6.45) is 0.758. The minimum absolute atomic E-state index is 0.0157. The first-order valence-electron chi connectivity index (χ1n) is 6.13. The second-order valence-corrected chi connectivity index (χ2v) is 6.04. The molecule has 1 unspecified atom stereocenters. The standard InChI is InChI=1S/C13H22ClN3O/c1-9-8-10(17(5)16-9)12(18)15-11(6-7-14)13(2,3)4/h8,11H,6-7H2,1-5H3,(H,15,18). The van der Waals surface area contributed by atoms with E-state index in [1.54, 1.807) is 17.8 Å². The number of aryl methyl sites for hydroxylation is 2. The Morgan fingerprint density at radius 2 is 2.17 bits per heavy atom. The molecule has 0 aliphatic carbocycles. The number of carbonyl (C=O) groups excluding carboxylic acids is 1. The number of rotatable bonds is 4. The molecule has 1 N–H and O–H groups in total. The second-order valence-electron chi connectivity index (χ2n) is 5.66. The van der Waals surface area contributed by atoms with Crippen molar-refractivity contribution in [2.45, 2.75) is 40.2 Å². The third-order valence-electron chi connectivity index (χ3n) is 2.98. The normalized spacial score (nSPS) is 13.4. The van der Waals surface area contributed by atoms with Gasteiger partial charge in [0.25, 0.3) is 5.91 Å². The highest BCUT2D eigenvalue weighted by Gasteiger charge is 2.26. The fourth-order valence-corrected chi connectivity index (χ4v) is 2.10. The first-order valence-corrected chi connectivity index (χ1v) is 6.66. The molecule has 18 heavy (non-hydrogen) atoms. The lowest BCUT2D eigenvalue weighted by Gasteiger charge is -2.31. The van der Waals surface area contributed by atoms with E-state index in [1.807, 2.05) is 6.92 Å². The molecule has 1 rings (SSSR count). The molecule has 0 saturated heterocycles. The maximum atomic E-state index is 12.2. The van der Waals surface area contributed by atoms with E-state index in [0.29, 0.717) is 11.6 Å². The van der Waals surface area contributed by atoms with Gasteiger partial charge in [0.1, 0.15) is 5.69 Å². The number of aromatic nitrogens is 2. The number of carbonyl (C=O) groups is 1. The van der Waals surface area contributed by atoms with Crippen LogP contribution in [0.3, 0.4) is 0 Å². The molecule has 0 spiro atoms. The summed E-state index contributed by atoms with van der Waals surface area (Å²) >= 11 is 5.80. The topological polar surface area (TPSA) is 46.9 Å². The summed E-state index contributed by atoms with van der Waals surface area (Å²) in [5.41, 5.74) is 1.40. The summed E-state index contributed by atoms with van der Waals surface area (Å²) in [5, 5.41) is 7.22. The Labute approximate surface area is 114 Å². The van der Waals surface area contributed by atoms with Crippen molar-refractivity contribution in [2.75, 3.05) is 5.88 Å². The molecule has 1 amide bonds. The predicted octanol–water partition coefficient (Wildman–Crippen LogP) is 2.50. The van der Waals surface area contributed by atoms with Crippen molar-refractivity contribution in [1.82, 2.24) is 15.1 Å². The van der Waals surface area contributed by atoms with Crippen LogP contribution in [0.4, 0.5) is 0 Å². The zero-order valence-corrected chi connectivity index (χ0v) is 12.5. The van der Waals surface area contributed by atoms with Gasteiger partial charge in [-0.3, -0.25) is 9.48 Å². The number of alkyl halides is 1. The van der Waals surface area contributed by atoms with Gasteiger partial charge in [-0.15, -0.1) is 11.6 Å². The first-order chi connectivity index (χ1) is 8.25. The lowest BCUT2D eigenvalue weighted by atomic mass is 9.85. The van der Waals surface area contributed by atoms with Crippen molar-refractivity contribution in [3.8, 4) is 0 Å². The summed E-state index contributed by atoms with van der Waals surface area (Å²) in [6.45, 7) is 8.16. The Kier molecular flexibility index (Phi) is 4.79. The molecular weight excluding hydrogens is 250 g/mol. The molecule has 0 aliphatic heterocycles. The molecule has 102 valence electrons. The van der Waals surface area contributed by atoms with Crippen LogP contribution in [0.25, 0.3) is 0 Å². The van der Waals surface area contributed by atoms with Gasteiger partial charge in [-0.25, -0.2) is 0 Å². The molecule has 1 atom stereocenters. The molecule has 1 aromatic rings. The van der Waals surface area contributed by atoms with Crippen LogP contribution in [0.5, 0.6) is 0 Å². The summed E-state index contributed by atoms with van der Waals surface area (Å²) in [7, 11) is 1.77. The van der Waals surface area contributed by atoms with Gasteiger partial charge in [-0.1, -0.05) is 20.8 Å². The zero-order valence-electron chi connectivity index (χ0n) is 11.7. The second kappa shape index (κ2) is 5.74. The third-order valence-corrected chi connectivity index (χ3v) is 3.20. The van der Waals surface area contributed by atoms with Gasteiger partial charge in [0.15, 0.2) is 0 Å². The van der Waals surface area contributed by atoms with Crippen molar-refractivity contribution in [1.29, 1.82) is 0 Å². The van der Waals surface area contributed by atoms with Crippen LogP contribution in [-0.4, -0.2) is 27.6 Å². The Bertz CT molecular complexity index is 420. The number of nitrogens with zero attached hydrogens (tertiary/aromatic N) is 2. The van der Waals surface area contributed by atoms with E-state index in [2.05, 4.69) is 31.2 Å². The Morgan fingerprint density at radius 1 is 1.56 bits per heavy atom. The van der Waals surface area contributed by atoms with Gasteiger partial charge in [0, 0.05) is 19.0 Å². The van der Waals surface area contributed by atoms with Gasteiger partial charge >= 0.3 is 0 Å². The van der Waals surface area contributed by atoms with Crippen molar-refractivity contribution >= 4 is 17.5 Å². The van der Waals surface area contributed by atoms with Crippen LogP contribution in [0.15, 0.2) is 6.07 Å². The Balaban J connectivity index is 2.82. The fourth-order valence-electron chi connectivity index (χ4n) is 1.89. The van der Waals surface area contributed by atoms with Crippen LogP contribution in [-0.2, 0) is 7.05 Å². The number of halogens is 1. The summed E-state index contributed by atoms with van der Waals surface area (Å²) < 4.78 is 1.60.